The van der Waals surface area contributed by atoms with Crippen LogP contribution in [0.15, 0.2) is 23.2 Å². The molecule has 0 saturated heterocycles. The molecule has 0 bridgehead atoms. The zero-order valence-corrected chi connectivity index (χ0v) is 17.9. The maximum atomic E-state index is 12.3. The van der Waals surface area contributed by atoms with Gasteiger partial charge >= 0.3 is 0 Å². The summed E-state index contributed by atoms with van der Waals surface area (Å²) >= 11 is 0. The van der Waals surface area contributed by atoms with E-state index in [1.54, 1.807) is 40.1 Å². The van der Waals surface area contributed by atoms with Crippen LogP contribution < -0.4 is 5.32 Å². The molecule has 1 aliphatic carbocycles. The second-order valence-corrected chi connectivity index (χ2v) is 8.12. The van der Waals surface area contributed by atoms with Gasteiger partial charge in [0.15, 0.2) is 11.4 Å². The standard InChI is InChI=1S/C22H30N4O4/c1-13(2)23-17-18(22(30)26(21(17)29)14-9-6-5-7-10-14)24-16-12-8-11-15(19(16)27)20(28)25(3)4/h8,11-12,14,24,27,29-30H,5-7,9-10H2,1-4H3. The van der Waals surface area contributed by atoms with Crippen molar-refractivity contribution in [2.75, 3.05) is 19.4 Å². The lowest BCUT2D eigenvalue weighted by Crippen LogP contribution is -2.21. The van der Waals surface area contributed by atoms with E-state index in [9.17, 15) is 20.1 Å². The third-order valence-corrected chi connectivity index (χ3v) is 5.34. The third-order valence-electron chi connectivity index (χ3n) is 5.34. The number of carbonyl (C=O) groups is 1. The van der Waals surface area contributed by atoms with E-state index in [0.29, 0.717) is 5.71 Å². The summed E-state index contributed by atoms with van der Waals surface area (Å²) in [4.78, 5) is 18.1. The van der Waals surface area contributed by atoms with Crippen molar-refractivity contribution in [3.8, 4) is 17.5 Å². The highest BCUT2D eigenvalue weighted by molar-refractivity contribution is 5.99. The molecule has 30 heavy (non-hydrogen) atoms. The van der Waals surface area contributed by atoms with Gasteiger partial charge in [-0.2, -0.15) is 0 Å². The summed E-state index contributed by atoms with van der Waals surface area (Å²) in [7, 11) is 3.21. The van der Waals surface area contributed by atoms with E-state index in [4.69, 9.17) is 0 Å². The summed E-state index contributed by atoms with van der Waals surface area (Å²) in [5.74, 6) is -0.819. The molecule has 0 aliphatic heterocycles. The summed E-state index contributed by atoms with van der Waals surface area (Å²) < 4.78 is 1.52. The zero-order chi connectivity index (χ0) is 22.0. The quantitative estimate of drug-likeness (QED) is 0.420. The van der Waals surface area contributed by atoms with Crippen LogP contribution >= 0.6 is 0 Å². The van der Waals surface area contributed by atoms with Gasteiger partial charge in [-0.3, -0.25) is 14.4 Å². The van der Waals surface area contributed by atoms with Gasteiger partial charge in [0.2, 0.25) is 11.8 Å². The molecule has 4 N–H and O–H groups in total. The van der Waals surface area contributed by atoms with E-state index < -0.39 is 0 Å². The molecule has 1 saturated carbocycles. The number of phenolic OH excluding ortho intramolecular Hbond substituents is 1. The van der Waals surface area contributed by atoms with E-state index >= 15 is 0 Å². The number of amides is 1. The molecule has 2 aromatic rings. The topological polar surface area (TPSA) is 110 Å². The molecule has 1 aliphatic rings. The number of aliphatic imine (C=N–C) groups is 1. The Bertz CT molecular complexity index is 968. The fourth-order valence-corrected chi connectivity index (χ4v) is 3.87. The number of para-hydroxylation sites is 1. The first kappa shape index (κ1) is 21.5. The third kappa shape index (κ3) is 4.08. The minimum Gasteiger partial charge on any atom is -0.505 e. The molecule has 1 fully saturated rings. The number of aromatic hydroxyl groups is 3. The van der Waals surface area contributed by atoms with Gasteiger partial charge in [-0.15, -0.1) is 0 Å². The number of phenols is 1. The molecular weight excluding hydrogens is 384 g/mol. The molecule has 8 heteroatoms. The van der Waals surface area contributed by atoms with Crippen LogP contribution in [0.3, 0.4) is 0 Å². The van der Waals surface area contributed by atoms with Gasteiger partial charge in [-0.25, -0.2) is 0 Å². The number of hydrogen-bond donors (Lipinski definition) is 4. The summed E-state index contributed by atoms with van der Waals surface area (Å²) in [6.07, 6.45) is 4.93. The van der Waals surface area contributed by atoms with Crippen molar-refractivity contribution < 1.29 is 20.1 Å². The molecule has 0 radical (unpaired) electrons. The molecule has 1 aromatic heterocycles. The van der Waals surface area contributed by atoms with Crippen LogP contribution in [0.1, 0.15) is 62.4 Å². The predicted octanol–water partition coefficient (Wildman–Crippen LogP) is 4.67. The lowest BCUT2D eigenvalue weighted by Gasteiger charge is -2.24. The highest BCUT2D eigenvalue weighted by atomic mass is 16.3. The van der Waals surface area contributed by atoms with Gasteiger partial charge in [0.05, 0.1) is 11.3 Å². The second kappa shape index (κ2) is 8.69. The van der Waals surface area contributed by atoms with Crippen molar-refractivity contribution in [2.45, 2.75) is 52.0 Å². The molecule has 1 amide bonds. The Hall–Kier alpha value is -3.16. The van der Waals surface area contributed by atoms with Crippen LogP contribution in [0.4, 0.5) is 17.1 Å². The van der Waals surface area contributed by atoms with Gasteiger partial charge in [0.1, 0.15) is 5.69 Å². The number of anilines is 2. The van der Waals surface area contributed by atoms with Crippen molar-refractivity contribution in [3.63, 3.8) is 0 Å². The number of nitrogens with one attached hydrogen (secondary N) is 1. The molecule has 0 spiro atoms. The van der Waals surface area contributed by atoms with E-state index in [2.05, 4.69) is 10.3 Å². The molecular formula is C22H30N4O4. The molecule has 1 aromatic carbocycles. The lowest BCUT2D eigenvalue weighted by atomic mass is 9.95. The second-order valence-electron chi connectivity index (χ2n) is 8.12. The SMILES string of the molecule is CC(C)=Nc1c(Nc2cccc(C(=O)N(C)C)c2O)c(O)n(C2CCCCC2)c1O. The minimum absolute atomic E-state index is 0.0179. The highest BCUT2D eigenvalue weighted by Gasteiger charge is 2.29. The van der Waals surface area contributed by atoms with Crippen LogP contribution in [0, 0.1) is 0 Å². The number of hydrogen-bond acceptors (Lipinski definition) is 6. The molecule has 162 valence electrons. The fraction of sp³-hybridized carbons (Fsp3) is 0.455. The van der Waals surface area contributed by atoms with Gasteiger partial charge in [0.25, 0.3) is 5.91 Å². The normalized spacial score (nSPS) is 14.4. The van der Waals surface area contributed by atoms with Crippen molar-refractivity contribution in [2.24, 2.45) is 4.99 Å². The number of carbonyl (C=O) groups excluding carboxylic acids is 1. The van der Waals surface area contributed by atoms with Crippen LogP contribution in [-0.4, -0.2) is 50.5 Å². The molecule has 0 atom stereocenters. The van der Waals surface area contributed by atoms with Crippen LogP contribution in [0.5, 0.6) is 17.5 Å². The average Bonchev–Trinajstić information content (AvgIpc) is 2.93. The predicted molar refractivity (Wildman–Crippen MR) is 118 cm³/mol. The molecule has 3 rings (SSSR count). The molecule has 8 nitrogen and oxygen atoms in total. The number of benzene rings is 1. The van der Waals surface area contributed by atoms with Crippen molar-refractivity contribution in [1.29, 1.82) is 0 Å². The average molecular weight is 415 g/mol. The van der Waals surface area contributed by atoms with Gasteiger partial charge in [-0.1, -0.05) is 25.3 Å². The summed E-state index contributed by atoms with van der Waals surface area (Å²) in [6, 6.07) is 4.75. The Kier molecular flexibility index (Phi) is 6.24. The summed E-state index contributed by atoms with van der Waals surface area (Å²) in [5.41, 5.74) is 1.49. The first-order valence-electron chi connectivity index (χ1n) is 10.2. The minimum atomic E-state index is -0.342. The van der Waals surface area contributed by atoms with Crippen molar-refractivity contribution in [1.82, 2.24) is 9.47 Å². The Morgan fingerprint density at radius 1 is 1.10 bits per heavy atom. The lowest BCUT2D eigenvalue weighted by molar-refractivity contribution is 0.0824. The Labute approximate surface area is 176 Å². The molecule has 1 heterocycles. The Balaban J connectivity index is 2.09. The van der Waals surface area contributed by atoms with E-state index in [1.165, 1.54) is 15.5 Å². The van der Waals surface area contributed by atoms with E-state index in [1.807, 2.05) is 0 Å². The maximum Gasteiger partial charge on any atom is 0.257 e. The summed E-state index contributed by atoms with van der Waals surface area (Å²) in [6.45, 7) is 3.60. The maximum absolute atomic E-state index is 12.3. The van der Waals surface area contributed by atoms with E-state index in [-0.39, 0.29) is 52.1 Å². The largest absolute Gasteiger partial charge is 0.505 e. The van der Waals surface area contributed by atoms with Gasteiger partial charge in [0, 0.05) is 25.8 Å². The monoisotopic (exact) mass is 414 g/mol. The Morgan fingerprint density at radius 3 is 2.37 bits per heavy atom. The first-order chi connectivity index (χ1) is 14.2. The summed E-state index contributed by atoms with van der Waals surface area (Å²) in [5, 5.41) is 35.5. The number of rotatable bonds is 5. The van der Waals surface area contributed by atoms with E-state index in [0.717, 1.165) is 32.1 Å². The van der Waals surface area contributed by atoms with Gasteiger partial charge in [-0.05, 0) is 38.8 Å². The number of aromatic nitrogens is 1. The van der Waals surface area contributed by atoms with Crippen LogP contribution in [0.25, 0.3) is 0 Å². The van der Waals surface area contributed by atoms with Gasteiger partial charge < -0.3 is 25.5 Å². The van der Waals surface area contributed by atoms with Crippen LogP contribution in [-0.2, 0) is 0 Å². The smallest absolute Gasteiger partial charge is 0.257 e. The fourth-order valence-electron chi connectivity index (χ4n) is 3.87. The Morgan fingerprint density at radius 2 is 1.77 bits per heavy atom. The van der Waals surface area contributed by atoms with Crippen molar-refractivity contribution >= 4 is 28.7 Å². The zero-order valence-electron chi connectivity index (χ0n) is 17.9. The van der Waals surface area contributed by atoms with Crippen molar-refractivity contribution in [3.05, 3.63) is 23.8 Å². The molecule has 0 unspecified atom stereocenters. The number of nitrogens with zero attached hydrogens (tertiary/aromatic N) is 3. The highest BCUT2D eigenvalue weighted by Crippen LogP contribution is 2.51. The van der Waals surface area contributed by atoms with Crippen LogP contribution in [0.2, 0.25) is 0 Å². The first-order valence-corrected chi connectivity index (χ1v) is 10.2.